The van der Waals surface area contributed by atoms with Gasteiger partial charge in [-0.25, -0.2) is 4.68 Å². The molecule has 4 heteroatoms. The molecule has 1 N–H and O–H groups in total. The van der Waals surface area contributed by atoms with Crippen LogP contribution in [0.3, 0.4) is 0 Å². The Balaban J connectivity index is 1.54. The molecule has 2 aromatic carbocycles. The van der Waals surface area contributed by atoms with E-state index in [1.807, 2.05) is 0 Å². The standard InChI is InChI=1S/C21H22N4/c1-15-14-20-18-6-2-3-7-19(18)22-21(25(20)23-15)16-8-10-17(11-9-16)24-12-4-5-13-24/h2-3,6-11,14,21-22H,4-5,12-13H2,1H3/t21-/m1/s1. The third-order valence-corrected chi connectivity index (χ3v) is 5.28. The minimum Gasteiger partial charge on any atom is -0.372 e. The lowest BCUT2D eigenvalue weighted by Crippen LogP contribution is -2.25. The van der Waals surface area contributed by atoms with E-state index in [2.05, 4.69) is 76.4 Å². The van der Waals surface area contributed by atoms with Gasteiger partial charge < -0.3 is 10.2 Å². The number of fused-ring (bicyclic) bond motifs is 3. The molecule has 1 atom stereocenters. The van der Waals surface area contributed by atoms with Crippen molar-refractivity contribution in [2.75, 3.05) is 23.3 Å². The maximum absolute atomic E-state index is 4.75. The van der Waals surface area contributed by atoms with Gasteiger partial charge in [0.05, 0.1) is 11.4 Å². The molecule has 3 aromatic rings. The van der Waals surface area contributed by atoms with E-state index in [0.29, 0.717) is 0 Å². The first-order valence-electron chi connectivity index (χ1n) is 9.06. The lowest BCUT2D eigenvalue weighted by molar-refractivity contribution is 0.571. The lowest BCUT2D eigenvalue weighted by atomic mass is 10.0. The van der Waals surface area contributed by atoms with Crippen LogP contribution in [0.15, 0.2) is 54.6 Å². The molecule has 5 rings (SSSR count). The van der Waals surface area contributed by atoms with E-state index in [9.17, 15) is 0 Å². The van der Waals surface area contributed by atoms with Crippen LogP contribution in [0.5, 0.6) is 0 Å². The van der Waals surface area contributed by atoms with Crippen LogP contribution in [-0.2, 0) is 0 Å². The van der Waals surface area contributed by atoms with E-state index in [-0.39, 0.29) is 6.17 Å². The Bertz CT molecular complexity index is 904. The minimum absolute atomic E-state index is 0.0335. The van der Waals surface area contributed by atoms with E-state index in [1.165, 1.54) is 54.1 Å². The van der Waals surface area contributed by atoms with Crippen LogP contribution in [0, 0.1) is 6.92 Å². The molecule has 0 aliphatic carbocycles. The zero-order valence-electron chi connectivity index (χ0n) is 14.4. The highest BCUT2D eigenvalue weighted by molar-refractivity contribution is 5.78. The Morgan fingerprint density at radius 1 is 1.00 bits per heavy atom. The molecule has 4 nitrogen and oxygen atoms in total. The summed E-state index contributed by atoms with van der Waals surface area (Å²) >= 11 is 0. The molecule has 0 amide bonds. The van der Waals surface area contributed by atoms with Crippen molar-refractivity contribution in [1.82, 2.24) is 9.78 Å². The average Bonchev–Trinajstić information content (AvgIpc) is 3.30. The third kappa shape index (κ3) is 2.40. The van der Waals surface area contributed by atoms with Gasteiger partial charge in [0.15, 0.2) is 0 Å². The van der Waals surface area contributed by atoms with Crippen molar-refractivity contribution in [3.8, 4) is 11.3 Å². The predicted molar refractivity (Wildman–Crippen MR) is 102 cm³/mol. The first-order valence-corrected chi connectivity index (χ1v) is 9.06. The number of nitrogens with zero attached hydrogens (tertiary/aromatic N) is 3. The van der Waals surface area contributed by atoms with Crippen molar-refractivity contribution >= 4 is 11.4 Å². The fraction of sp³-hybridized carbons (Fsp3) is 0.286. The van der Waals surface area contributed by atoms with Gasteiger partial charge in [0.25, 0.3) is 0 Å². The van der Waals surface area contributed by atoms with E-state index in [0.717, 1.165) is 5.69 Å². The number of aromatic nitrogens is 2. The molecule has 0 unspecified atom stereocenters. The first-order chi connectivity index (χ1) is 12.3. The smallest absolute Gasteiger partial charge is 0.147 e. The van der Waals surface area contributed by atoms with Gasteiger partial charge in [-0.1, -0.05) is 30.3 Å². The van der Waals surface area contributed by atoms with Gasteiger partial charge >= 0.3 is 0 Å². The van der Waals surface area contributed by atoms with Crippen molar-refractivity contribution in [2.45, 2.75) is 25.9 Å². The Morgan fingerprint density at radius 2 is 1.76 bits per heavy atom. The van der Waals surface area contributed by atoms with Crippen molar-refractivity contribution in [3.05, 3.63) is 65.9 Å². The average molecular weight is 330 g/mol. The summed E-state index contributed by atoms with van der Waals surface area (Å²) in [5.74, 6) is 0. The normalized spacial score (nSPS) is 18.6. The molecule has 1 saturated heterocycles. The first kappa shape index (κ1) is 14.6. The van der Waals surface area contributed by atoms with Crippen LogP contribution in [0.25, 0.3) is 11.3 Å². The summed E-state index contributed by atoms with van der Waals surface area (Å²) in [6.45, 7) is 4.41. The maximum Gasteiger partial charge on any atom is 0.147 e. The van der Waals surface area contributed by atoms with Crippen LogP contribution >= 0.6 is 0 Å². The van der Waals surface area contributed by atoms with Crippen LogP contribution in [0.1, 0.15) is 30.3 Å². The van der Waals surface area contributed by atoms with E-state index in [4.69, 9.17) is 5.10 Å². The Kier molecular flexibility index (Phi) is 3.30. The summed E-state index contributed by atoms with van der Waals surface area (Å²) in [5.41, 5.74) is 7.18. The number of benzene rings is 2. The van der Waals surface area contributed by atoms with Crippen molar-refractivity contribution in [1.29, 1.82) is 0 Å². The number of hydrogen-bond donors (Lipinski definition) is 1. The maximum atomic E-state index is 4.75. The highest BCUT2D eigenvalue weighted by atomic mass is 15.4. The highest BCUT2D eigenvalue weighted by Gasteiger charge is 2.26. The largest absolute Gasteiger partial charge is 0.372 e. The van der Waals surface area contributed by atoms with Gasteiger partial charge in [0.1, 0.15) is 6.17 Å². The molecular weight excluding hydrogens is 308 g/mol. The zero-order chi connectivity index (χ0) is 16.8. The summed E-state index contributed by atoms with van der Waals surface area (Å²) < 4.78 is 2.11. The number of para-hydroxylation sites is 1. The van der Waals surface area contributed by atoms with E-state index in [1.54, 1.807) is 0 Å². The topological polar surface area (TPSA) is 33.1 Å². The van der Waals surface area contributed by atoms with Gasteiger partial charge in [-0.15, -0.1) is 0 Å². The van der Waals surface area contributed by atoms with E-state index >= 15 is 0 Å². The number of nitrogens with one attached hydrogen (secondary N) is 1. The molecule has 25 heavy (non-hydrogen) atoms. The second-order valence-corrected chi connectivity index (χ2v) is 6.99. The van der Waals surface area contributed by atoms with E-state index < -0.39 is 0 Å². The van der Waals surface area contributed by atoms with Gasteiger partial charge in [-0.05, 0) is 49.6 Å². The third-order valence-electron chi connectivity index (χ3n) is 5.28. The molecule has 0 saturated carbocycles. The van der Waals surface area contributed by atoms with Gasteiger partial charge in [0.2, 0.25) is 0 Å². The Labute approximate surface area is 148 Å². The number of rotatable bonds is 2. The van der Waals surface area contributed by atoms with Crippen LogP contribution in [0.4, 0.5) is 11.4 Å². The molecule has 0 radical (unpaired) electrons. The van der Waals surface area contributed by atoms with Gasteiger partial charge in [0, 0.05) is 30.0 Å². The SMILES string of the molecule is Cc1cc2n(n1)[C@H](c1ccc(N3CCCC3)cc1)Nc1ccccc1-2. The fourth-order valence-corrected chi connectivity index (χ4v) is 4.02. The molecule has 1 aromatic heterocycles. The van der Waals surface area contributed by atoms with Crippen molar-refractivity contribution in [3.63, 3.8) is 0 Å². The molecule has 126 valence electrons. The number of anilines is 2. The second-order valence-electron chi connectivity index (χ2n) is 6.99. The summed E-state index contributed by atoms with van der Waals surface area (Å²) in [4.78, 5) is 2.47. The zero-order valence-corrected chi connectivity index (χ0v) is 14.4. The summed E-state index contributed by atoms with van der Waals surface area (Å²) in [7, 11) is 0. The monoisotopic (exact) mass is 330 g/mol. The Hall–Kier alpha value is -2.75. The number of hydrogen-bond acceptors (Lipinski definition) is 3. The van der Waals surface area contributed by atoms with Crippen LogP contribution in [0.2, 0.25) is 0 Å². The molecule has 2 aliphatic rings. The Morgan fingerprint density at radius 3 is 2.56 bits per heavy atom. The van der Waals surface area contributed by atoms with Crippen LogP contribution in [-0.4, -0.2) is 22.9 Å². The fourth-order valence-electron chi connectivity index (χ4n) is 4.02. The van der Waals surface area contributed by atoms with Gasteiger partial charge in [-0.2, -0.15) is 5.10 Å². The van der Waals surface area contributed by atoms with Crippen molar-refractivity contribution in [2.24, 2.45) is 0 Å². The second kappa shape index (κ2) is 5.66. The molecule has 0 spiro atoms. The van der Waals surface area contributed by atoms with Crippen LogP contribution < -0.4 is 10.2 Å². The molecular formula is C21H22N4. The highest BCUT2D eigenvalue weighted by Crippen LogP contribution is 2.38. The minimum atomic E-state index is 0.0335. The van der Waals surface area contributed by atoms with Crippen molar-refractivity contribution < 1.29 is 0 Å². The summed E-state index contributed by atoms with van der Waals surface area (Å²) in [5, 5.41) is 8.41. The quantitative estimate of drug-likeness (QED) is 0.754. The number of aryl methyl sites for hydroxylation is 1. The molecule has 3 heterocycles. The molecule has 1 fully saturated rings. The predicted octanol–water partition coefficient (Wildman–Crippen LogP) is 4.43. The lowest BCUT2D eigenvalue weighted by Gasteiger charge is -2.29. The summed E-state index contributed by atoms with van der Waals surface area (Å²) in [6.07, 6.45) is 2.64. The molecule has 2 aliphatic heterocycles. The summed E-state index contributed by atoms with van der Waals surface area (Å²) in [6, 6.07) is 19.6. The van der Waals surface area contributed by atoms with Gasteiger partial charge in [-0.3, -0.25) is 0 Å². The molecule has 0 bridgehead atoms.